The SMILES string of the molecule is COCCOCCS(=O)(=O)N1CCN(C/C=C/c2ccccc2)CC1. The highest BCUT2D eigenvalue weighted by Gasteiger charge is 2.26. The first kappa shape index (κ1) is 20.1. The molecule has 2 rings (SSSR count). The number of methoxy groups -OCH3 is 1. The van der Waals surface area contributed by atoms with Crippen molar-refractivity contribution < 1.29 is 17.9 Å². The third-order valence-corrected chi connectivity index (χ3v) is 5.95. The summed E-state index contributed by atoms with van der Waals surface area (Å²) in [6, 6.07) is 10.2. The van der Waals surface area contributed by atoms with Crippen molar-refractivity contribution in [1.29, 1.82) is 0 Å². The lowest BCUT2D eigenvalue weighted by molar-refractivity contribution is 0.0780. The monoisotopic (exact) mass is 368 g/mol. The third kappa shape index (κ3) is 7.25. The Bertz CT molecular complexity index is 611. The van der Waals surface area contributed by atoms with Crippen LogP contribution < -0.4 is 0 Å². The molecule has 7 heteroatoms. The molecular formula is C18H28N2O4S. The van der Waals surface area contributed by atoms with Crippen LogP contribution in [0.3, 0.4) is 0 Å². The fraction of sp³-hybridized carbons (Fsp3) is 0.556. The van der Waals surface area contributed by atoms with E-state index in [1.807, 2.05) is 18.2 Å². The lowest BCUT2D eigenvalue weighted by Crippen LogP contribution is -2.49. The molecule has 0 saturated carbocycles. The van der Waals surface area contributed by atoms with Crippen LogP contribution in [0.25, 0.3) is 6.08 Å². The van der Waals surface area contributed by atoms with Gasteiger partial charge in [-0.1, -0.05) is 42.5 Å². The predicted octanol–water partition coefficient (Wildman–Crippen LogP) is 1.31. The van der Waals surface area contributed by atoms with Crippen LogP contribution in [0.1, 0.15) is 5.56 Å². The van der Waals surface area contributed by atoms with Crippen LogP contribution in [0.15, 0.2) is 36.4 Å². The minimum Gasteiger partial charge on any atom is -0.382 e. The molecule has 1 aromatic carbocycles. The summed E-state index contributed by atoms with van der Waals surface area (Å²) in [5.74, 6) is 0.0324. The maximum absolute atomic E-state index is 12.3. The molecule has 0 aromatic heterocycles. The Morgan fingerprint density at radius 3 is 2.44 bits per heavy atom. The number of benzene rings is 1. The minimum atomic E-state index is -3.23. The van der Waals surface area contributed by atoms with Crippen LogP contribution >= 0.6 is 0 Å². The third-order valence-electron chi connectivity index (χ3n) is 4.12. The van der Waals surface area contributed by atoms with E-state index in [2.05, 4.69) is 29.2 Å². The van der Waals surface area contributed by atoms with Crippen LogP contribution in [0, 0.1) is 0 Å². The van der Waals surface area contributed by atoms with Gasteiger partial charge in [0.1, 0.15) is 0 Å². The second-order valence-electron chi connectivity index (χ2n) is 5.93. The molecule has 0 bridgehead atoms. The fourth-order valence-electron chi connectivity index (χ4n) is 2.63. The van der Waals surface area contributed by atoms with Gasteiger partial charge in [-0.2, -0.15) is 4.31 Å². The molecule has 1 fully saturated rings. The van der Waals surface area contributed by atoms with Crippen LogP contribution in [-0.4, -0.2) is 83.0 Å². The van der Waals surface area contributed by atoms with Crippen molar-refractivity contribution in [3.63, 3.8) is 0 Å². The number of piperazine rings is 1. The minimum absolute atomic E-state index is 0.0324. The van der Waals surface area contributed by atoms with E-state index in [9.17, 15) is 8.42 Å². The molecule has 0 spiro atoms. The molecule has 0 atom stereocenters. The molecule has 1 saturated heterocycles. The van der Waals surface area contributed by atoms with Crippen LogP contribution in [0.4, 0.5) is 0 Å². The molecule has 0 N–H and O–H groups in total. The largest absolute Gasteiger partial charge is 0.382 e. The molecule has 0 amide bonds. The summed E-state index contributed by atoms with van der Waals surface area (Å²) in [5.41, 5.74) is 1.18. The smallest absolute Gasteiger partial charge is 0.216 e. The zero-order chi connectivity index (χ0) is 18.0. The van der Waals surface area contributed by atoms with E-state index in [0.717, 1.165) is 19.6 Å². The number of ether oxygens (including phenoxy) is 2. The van der Waals surface area contributed by atoms with E-state index >= 15 is 0 Å². The van der Waals surface area contributed by atoms with Gasteiger partial charge < -0.3 is 9.47 Å². The summed E-state index contributed by atoms with van der Waals surface area (Å²) in [4.78, 5) is 2.26. The van der Waals surface area contributed by atoms with E-state index in [1.165, 1.54) is 5.56 Å². The summed E-state index contributed by atoms with van der Waals surface area (Å²) in [6.07, 6.45) is 4.23. The maximum Gasteiger partial charge on any atom is 0.216 e. The van der Waals surface area contributed by atoms with Crippen molar-refractivity contribution in [3.05, 3.63) is 42.0 Å². The van der Waals surface area contributed by atoms with Crippen molar-refractivity contribution in [1.82, 2.24) is 9.21 Å². The summed E-state index contributed by atoms with van der Waals surface area (Å²) in [6.45, 7) is 4.54. The maximum atomic E-state index is 12.3. The van der Waals surface area contributed by atoms with E-state index in [4.69, 9.17) is 9.47 Å². The Hall–Kier alpha value is -1.25. The molecule has 0 radical (unpaired) electrons. The summed E-state index contributed by atoms with van der Waals surface area (Å²) < 4.78 is 36.3. The van der Waals surface area contributed by atoms with Gasteiger partial charge in [-0.15, -0.1) is 0 Å². The van der Waals surface area contributed by atoms with Gasteiger partial charge in [0.2, 0.25) is 10.0 Å². The first-order chi connectivity index (χ1) is 12.1. The first-order valence-electron chi connectivity index (χ1n) is 8.60. The Kier molecular flexibility index (Phi) is 8.57. The zero-order valence-corrected chi connectivity index (χ0v) is 15.7. The Morgan fingerprint density at radius 2 is 1.76 bits per heavy atom. The van der Waals surface area contributed by atoms with Gasteiger partial charge in [-0.05, 0) is 5.56 Å². The van der Waals surface area contributed by atoms with Gasteiger partial charge in [0.25, 0.3) is 0 Å². The average Bonchev–Trinajstić information content (AvgIpc) is 2.63. The van der Waals surface area contributed by atoms with Crippen molar-refractivity contribution in [3.8, 4) is 0 Å². The fourth-order valence-corrected chi connectivity index (χ4v) is 3.94. The lowest BCUT2D eigenvalue weighted by Gasteiger charge is -2.33. The molecule has 25 heavy (non-hydrogen) atoms. The molecule has 0 aliphatic carbocycles. The van der Waals surface area contributed by atoms with Gasteiger partial charge in [0, 0.05) is 39.8 Å². The average molecular weight is 368 g/mol. The standard InChI is InChI=1S/C18H28N2O4S/c1-23-14-15-24-16-17-25(21,22)20-12-10-19(11-13-20)9-5-8-18-6-3-2-4-7-18/h2-8H,9-17H2,1H3/b8-5+. The normalized spacial score (nSPS) is 17.3. The van der Waals surface area contributed by atoms with E-state index in [0.29, 0.717) is 26.3 Å². The quantitative estimate of drug-likeness (QED) is 0.583. The van der Waals surface area contributed by atoms with E-state index in [1.54, 1.807) is 11.4 Å². The second kappa shape index (κ2) is 10.7. The van der Waals surface area contributed by atoms with Crippen molar-refractivity contribution >= 4 is 16.1 Å². The number of hydrogen-bond donors (Lipinski definition) is 0. The van der Waals surface area contributed by atoms with Gasteiger partial charge in [-0.25, -0.2) is 8.42 Å². The van der Waals surface area contributed by atoms with Crippen LogP contribution in [0.5, 0.6) is 0 Å². The number of hydrogen-bond acceptors (Lipinski definition) is 5. The Labute approximate surface area is 151 Å². The Balaban J connectivity index is 1.68. The van der Waals surface area contributed by atoms with Crippen molar-refractivity contribution in [2.75, 3.05) is 65.4 Å². The lowest BCUT2D eigenvalue weighted by atomic mass is 10.2. The highest BCUT2D eigenvalue weighted by molar-refractivity contribution is 7.89. The molecule has 1 aliphatic rings. The summed E-state index contributed by atoms with van der Waals surface area (Å²) >= 11 is 0. The summed E-state index contributed by atoms with van der Waals surface area (Å²) in [7, 11) is -1.64. The number of sulfonamides is 1. The van der Waals surface area contributed by atoms with Crippen LogP contribution in [-0.2, 0) is 19.5 Å². The van der Waals surface area contributed by atoms with E-state index in [-0.39, 0.29) is 12.4 Å². The molecular weight excluding hydrogens is 340 g/mol. The second-order valence-corrected chi connectivity index (χ2v) is 8.02. The van der Waals surface area contributed by atoms with E-state index < -0.39 is 10.0 Å². The van der Waals surface area contributed by atoms with Gasteiger partial charge in [0.15, 0.2) is 0 Å². The molecule has 1 aromatic rings. The first-order valence-corrected chi connectivity index (χ1v) is 10.2. The van der Waals surface area contributed by atoms with Crippen molar-refractivity contribution in [2.24, 2.45) is 0 Å². The predicted molar refractivity (Wildman–Crippen MR) is 100.0 cm³/mol. The van der Waals surface area contributed by atoms with Crippen molar-refractivity contribution in [2.45, 2.75) is 0 Å². The van der Waals surface area contributed by atoms with Gasteiger partial charge in [-0.3, -0.25) is 4.90 Å². The molecule has 6 nitrogen and oxygen atoms in total. The summed E-state index contributed by atoms with van der Waals surface area (Å²) in [5, 5.41) is 0. The van der Waals surface area contributed by atoms with Gasteiger partial charge in [0.05, 0.1) is 25.6 Å². The van der Waals surface area contributed by atoms with Gasteiger partial charge >= 0.3 is 0 Å². The van der Waals surface area contributed by atoms with Crippen LogP contribution in [0.2, 0.25) is 0 Å². The molecule has 0 unspecified atom stereocenters. The zero-order valence-electron chi connectivity index (χ0n) is 14.8. The molecule has 1 aliphatic heterocycles. The topological polar surface area (TPSA) is 59.1 Å². The Morgan fingerprint density at radius 1 is 1.04 bits per heavy atom. The molecule has 140 valence electrons. The highest BCUT2D eigenvalue weighted by atomic mass is 32.2. The number of nitrogens with zero attached hydrogens (tertiary/aromatic N) is 2. The molecule has 1 heterocycles. The highest BCUT2D eigenvalue weighted by Crippen LogP contribution is 2.09. The number of rotatable bonds is 10.